The lowest BCUT2D eigenvalue weighted by Crippen LogP contribution is -2.30. The molecule has 3 rings (SSSR count). The molecule has 0 aliphatic carbocycles. The summed E-state index contributed by atoms with van der Waals surface area (Å²) in [5.41, 5.74) is 0.861. The molecule has 1 saturated heterocycles. The Balaban J connectivity index is 1.64. The first kappa shape index (κ1) is 13.8. The van der Waals surface area contributed by atoms with Crippen LogP contribution in [0, 0.1) is 5.92 Å². The summed E-state index contributed by atoms with van der Waals surface area (Å²) < 4.78 is 5.98. The van der Waals surface area contributed by atoms with Crippen molar-refractivity contribution in [2.45, 2.75) is 12.8 Å². The van der Waals surface area contributed by atoms with Gasteiger partial charge in [-0.1, -0.05) is 12.1 Å². The molecule has 1 aromatic carbocycles. The monoisotopic (exact) mass is 285 g/mol. The van der Waals surface area contributed by atoms with E-state index in [9.17, 15) is 0 Å². The van der Waals surface area contributed by atoms with Crippen LogP contribution in [0.15, 0.2) is 36.7 Å². The smallest absolute Gasteiger partial charge is 0.247 e. The topological polar surface area (TPSA) is 72.0 Å². The van der Waals surface area contributed by atoms with Gasteiger partial charge in [-0.05, 0) is 44.0 Å². The van der Waals surface area contributed by atoms with Crippen LogP contribution in [-0.4, -0.2) is 34.9 Å². The number of para-hydroxylation sites is 2. The van der Waals surface area contributed by atoms with E-state index in [2.05, 4.69) is 25.8 Å². The fraction of sp³-hybridized carbons (Fsp3) is 0.400. The predicted octanol–water partition coefficient (Wildman–Crippen LogP) is 1.99. The summed E-state index contributed by atoms with van der Waals surface area (Å²) in [6.45, 7) is 2.91. The lowest BCUT2D eigenvalue weighted by molar-refractivity contribution is 0.216. The molecule has 2 heterocycles. The molecule has 1 aliphatic heterocycles. The predicted molar refractivity (Wildman–Crippen MR) is 80.6 cm³/mol. The molecular weight excluding hydrogens is 266 g/mol. The molecule has 2 aromatic rings. The zero-order valence-electron chi connectivity index (χ0n) is 11.8. The first-order valence-corrected chi connectivity index (χ1v) is 7.25. The molecule has 0 saturated carbocycles. The Morgan fingerprint density at radius 2 is 2.05 bits per heavy atom. The van der Waals surface area contributed by atoms with E-state index in [0.717, 1.165) is 31.1 Å². The first-order chi connectivity index (χ1) is 10.4. The summed E-state index contributed by atoms with van der Waals surface area (Å²) in [6.07, 6.45) is 5.49. The first-order valence-electron chi connectivity index (χ1n) is 7.25. The zero-order valence-corrected chi connectivity index (χ0v) is 11.8. The summed E-state index contributed by atoms with van der Waals surface area (Å²) in [7, 11) is 0. The maximum atomic E-state index is 5.98. The van der Waals surface area contributed by atoms with E-state index >= 15 is 0 Å². The molecule has 21 heavy (non-hydrogen) atoms. The Bertz CT molecular complexity index is 557. The molecule has 0 unspecified atom stereocenters. The van der Waals surface area contributed by atoms with Crippen LogP contribution in [0.5, 0.6) is 5.75 Å². The van der Waals surface area contributed by atoms with E-state index in [1.54, 1.807) is 12.4 Å². The third kappa shape index (κ3) is 3.88. The second-order valence-electron chi connectivity index (χ2n) is 5.09. The highest BCUT2D eigenvalue weighted by Crippen LogP contribution is 2.27. The van der Waals surface area contributed by atoms with Crippen LogP contribution in [-0.2, 0) is 0 Å². The number of rotatable bonds is 5. The van der Waals surface area contributed by atoms with Gasteiger partial charge in [-0.25, -0.2) is 4.98 Å². The molecule has 6 heteroatoms. The lowest BCUT2D eigenvalue weighted by Gasteiger charge is -2.23. The minimum absolute atomic E-state index is 0.468. The van der Waals surface area contributed by atoms with Crippen molar-refractivity contribution in [1.29, 1.82) is 0 Å². The Morgan fingerprint density at radius 3 is 2.86 bits per heavy atom. The SMILES string of the molecule is c1ccc(OCC2CCNCC2)c(Nc2nccnn2)c1. The third-order valence-electron chi connectivity index (χ3n) is 3.55. The normalized spacial score (nSPS) is 15.6. The highest BCUT2D eigenvalue weighted by atomic mass is 16.5. The average Bonchev–Trinajstić information content (AvgIpc) is 2.56. The minimum atomic E-state index is 0.468. The van der Waals surface area contributed by atoms with Gasteiger partial charge in [0.05, 0.1) is 24.7 Å². The van der Waals surface area contributed by atoms with E-state index in [4.69, 9.17) is 4.74 Å². The number of aromatic nitrogens is 3. The van der Waals surface area contributed by atoms with Crippen molar-refractivity contribution in [1.82, 2.24) is 20.5 Å². The van der Waals surface area contributed by atoms with Crippen molar-refractivity contribution < 1.29 is 4.74 Å². The highest BCUT2D eigenvalue weighted by Gasteiger charge is 2.14. The van der Waals surface area contributed by atoms with Gasteiger partial charge in [0.15, 0.2) is 0 Å². The molecule has 1 fully saturated rings. The number of hydrogen-bond acceptors (Lipinski definition) is 6. The van der Waals surface area contributed by atoms with Crippen molar-refractivity contribution in [3.05, 3.63) is 36.7 Å². The minimum Gasteiger partial charge on any atom is -0.491 e. The van der Waals surface area contributed by atoms with Gasteiger partial charge in [-0.3, -0.25) is 0 Å². The van der Waals surface area contributed by atoms with Crippen LogP contribution >= 0.6 is 0 Å². The van der Waals surface area contributed by atoms with Gasteiger partial charge in [0.1, 0.15) is 5.75 Å². The molecule has 0 atom stereocenters. The average molecular weight is 285 g/mol. The highest BCUT2D eigenvalue weighted by molar-refractivity contribution is 5.61. The largest absolute Gasteiger partial charge is 0.491 e. The maximum Gasteiger partial charge on any atom is 0.247 e. The Morgan fingerprint density at radius 1 is 1.19 bits per heavy atom. The van der Waals surface area contributed by atoms with Crippen LogP contribution in [0.1, 0.15) is 12.8 Å². The number of nitrogens with zero attached hydrogens (tertiary/aromatic N) is 3. The van der Waals surface area contributed by atoms with Crippen LogP contribution < -0.4 is 15.4 Å². The van der Waals surface area contributed by atoms with Gasteiger partial charge in [-0.15, -0.1) is 5.10 Å². The van der Waals surface area contributed by atoms with Gasteiger partial charge < -0.3 is 15.4 Å². The van der Waals surface area contributed by atoms with E-state index in [1.165, 1.54) is 12.8 Å². The lowest BCUT2D eigenvalue weighted by atomic mass is 9.99. The van der Waals surface area contributed by atoms with Gasteiger partial charge >= 0.3 is 0 Å². The summed E-state index contributed by atoms with van der Waals surface area (Å²) >= 11 is 0. The number of nitrogens with one attached hydrogen (secondary N) is 2. The molecule has 2 N–H and O–H groups in total. The van der Waals surface area contributed by atoms with Crippen molar-refractivity contribution in [2.24, 2.45) is 5.92 Å². The number of ether oxygens (including phenoxy) is 1. The number of hydrogen-bond donors (Lipinski definition) is 2. The molecule has 1 aromatic heterocycles. The van der Waals surface area contributed by atoms with Crippen LogP contribution in [0.4, 0.5) is 11.6 Å². The second kappa shape index (κ2) is 6.99. The van der Waals surface area contributed by atoms with Crippen molar-refractivity contribution in [3.8, 4) is 5.75 Å². The van der Waals surface area contributed by atoms with E-state index in [-0.39, 0.29) is 0 Å². The molecule has 110 valence electrons. The van der Waals surface area contributed by atoms with Crippen molar-refractivity contribution in [3.63, 3.8) is 0 Å². The number of piperidine rings is 1. The molecule has 1 aliphatic rings. The molecule has 6 nitrogen and oxygen atoms in total. The molecular formula is C15H19N5O. The van der Waals surface area contributed by atoms with E-state index < -0.39 is 0 Å². The van der Waals surface area contributed by atoms with Gasteiger partial charge in [0, 0.05) is 0 Å². The summed E-state index contributed by atoms with van der Waals surface area (Å²) in [5.74, 6) is 1.91. The number of benzene rings is 1. The molecule has 0 bridgehead atoms. The summed E-state index contributed by atoms with van der Waals surface area (Å²) in [6, 6.07) is 7.83. The third-order valence-corrected chi connectivity index (χ3v) is 3.55. The molecule has 0 amide bonds. The van der Waals surface area contributed by atoms with Crippen LogP contribution in [0.25, 0.3) is 0 Å². The van der Waals surface area contributed by atoms with Crippen LogP contribution in [0.3, 0.4) is 0 Å². The van der Waals surface area contributed by atoms with Gasteiger partial charge in [0.2, 0.25) is 5.95 Å². The van der Waals surface area contributed by atoms with Gasteiger partial charge in [0.25, 0.3) is 0 Å². The quantitative estimate of drug-likeness (QED) is 0.875. The standard InChI is InChI=1S/C15H19N5O/c1-2-4-14(21-11-12-5-7-16-8-6-12)13(3-1)19-15-17-9-10-18-20-15/h1-4,9-10,12,16H,5-8,11H2,(H,17,19,20). The Hall–Kier alpha value is -2.21. The Kier molecular flexibility index (Phi) is 4.58. The maximum absolute atomic E-state index is 5.98. The van der Waals surface area contributed by atoms with Crippen molar-refractivity contribution >= 4 is 11.6 Å². The fourth-order valence-electron chi connectivity index (χ4n) is 2.38. The second-order valence-corrected chi connectivity index (χ2v) is 5.09. The summed E-state index contributed by atoms with van der Waals surface area (Å²) in [4.78, 5) is 4.12. The number of anilines is 2. The molecule has 0 spiro atoms. The molecule has 0 radical (unpaired) electrons. The van der Waals surface area contributed by atoms with E-state index in [0.29, 0.717) is 11.9 Å². The summed E-state index contributed by atoms with van der Waals surface area (Å²) in [5, 5.41) is 14.2. The van der Waals surface area contributed by atoms with Gasteiger partial charge in [-0.2, -0.15) is 5.10 Å². The Labute approximate surface area is 124 Å². The zero-order chi connectivity index (χ0) is 14.3. The fourth-order valence-corrected chi connectivity index (χ4v) is 2.38. The van der Waals surface area contributed by atoms with Crippen molar-refractivity contribution in [2.75, 3.05) is 25.0 Å². The van der Waals surface area contributed by atoms with Crippen LogP contribution in [0.2, 0.25) is 0 Å². The van der Waals surface area contributed by atoms with E-state index in [1.807, 2.05) is 24.3 Å².